The van der Waals surface area contributed by atoms with Crippen molar-refractivity contribution in [1.82, 2.24) is 9.80 Å². The molecular formula is C16H19ClN2O4. The van der Waals surface area contributed by atoms with Gasteiger partial charge in [-0.15, -0.1) is 0 Å². The van der Waals surface area contributed by atoms with Crippen molar-refractivity contribution >= 4 is 29.4 Å². The third-order valence-electron chi connectivity index (χ3n) is 4.01. The number of piperidine rings is 1. The lowest BCUT2D eigenvalue weighted by Crippen LogP contribution is -2.45. The molecule has 0 bridgehead atoms. The molecule has 1 N–H and O–H groups in total. The van der Waals surface area contributed by atoms with Crippen LogP contribution in [0.4, 0.5) is 0 Å². The van der Waals surface area contributed by atoms with Gasteiger partial charge in [0.1, 0.15) is 0 Å². The van der Waals surface area contributed by atoms with E-state index in [1.807, 2.05) is 0 Å². The number of hydrogen-bond donors (Lipinski definition) is 1. The average molecular weight is 339 g/mol. The minimum Gasteiger partial charge on any atom is -0.481 e. The molecular weight excluding hydrogens is 320 g/mol. The number of amides is 2. The Morgan fingerprint density at radius 1 is 1.22 bits per heavy atom. The van der Waals surface area contributed by atoms with Crippen LogP contribution in [0.25, 0.3) is 0 Å². The van der Waals surface area contributed by atoms with Gasteiger partial charge in [0.05, 0.1) is 12.5 Å². The predicted octanol–water partition coefficient (Wildman–Crippen LogP) is 1.74. The topological polar surface area (TPSA) is 77.9 Å². The second-order valence-corrected chi connectivity index (χ2v) is 6.10. The van der Waals surface area contributed by atoms with Crippen molar-refractivity contribution in [2.24, 2.45) is 5.92 Å². The monoisotopic (exact) mass is 338 g/mol. The molecule has 1 heterocycles. The fourth-order valence-corrected chi connectivity index (χ4v) is 2.69. The normalized spacial score (nSPS) is 15.3. The van der Waals surface area contributed by atoms with Crippen LogP contribution in [0.3, 0.4) is 0 Å². The van der Waals surface area contributed by atoms with Gasteiger partial charge in [-0.05, 0) is 37.1 Å². The summed E-state index contributed by atoms with van der Waals surface area (Å²) in [7, 11) is 1.57. The minimum atomic E-state index is -0.813. The lowest BCUT2D eigenvalue weighted by atomic mass is 9.97. The Morgan fingerprint density at radius 2 is 1.78 bits per heavy atom. The summed E-state index contributed by atoms with van der Waals surface area (Å²) in [5.41, 5.74) is 0.467. The highest BCUT2D eigenvalue weighted by atomic mass is 35.5. The van der Waals surface area contributed by atoms with E-state index in [0.717, 1.165) is 0 Å². The fraction of sp³-hybridized carbons (Fsp3) is 0.438. The number of aliphatic carboxylic acids is 1. The second kappa shape index (κ2) is 7.46. The van der Waals surface area contributed by atoms with E-state index in [4.69, 9.17) is 16.7 Å². The molecule has 6 nitrogen and oxygen atoms in total. The first kappa shape index (κ1) is 17.3. The number of rotatable bonds is 4. The second-order valence-electron chi connectivity index (χ2n) is 5.66. The predicted molar refractivity (Wildman–Crippen MR) is 85.4 cm³/mol. The molecule has 0 aliphatic carbocycles. The number of carboxylic acids is 1. The molecule has 0 saturated carbocycles. The van der Waals surface area contributed by atoms with Gasteiger partial charge in [-0.3, -0.25) is 14.4 Å². The van der Waals surface area contributed by atoms with Crippen molar-refractivity contribution in [2.75, 3.05) is 26.7 Å². The highest BCUT2D eigenvalue weighted by Crippen LogP contribution is 2.17. The van der Waals surface area contributed by atoms with E-state index in [1.165, 1.54) is 4.90 Å². The molecule has 23 heavy (non-hydrogen) atoms. The van der Waals surface area contributed by atoms with Crippen molar-refractivity contribution in [3.63, 3.8) is 0 Å². The summed E-state index contributed by atoms with van der Waals surface area (Å²) in [4.78, 5) is 38.4. The summed E-state index contributed by atoms with van der Waals surface area (Å²) in [5, 5.41) is 9.50. The SMILES string of the molecule is CN(CC(=O)N1CCC(C(=O)O)CC1)C(=O)c1ccc(Cl)cc1. The van der Waals surface area contributed by atoms with Crippen molar-refractivity contribution in [1.29, 1.82) is 0 Å². The molecule has 1 aromatic carbocycles. The maximum absolute atomic E-state index is 12.2. The van der Waals surface area contributed by atoms with E-state index in [2.05, 4.69) is 0 Å². The first-order valence-electron chi connectivity index (χ1n) is 7.40. The Kier molecular flexibility index (Phi) is 5.60. The van der Waals surface area contributed by atoms with Crippen LogP contribution in [-0.2, 0) is 9.59 Å². The smallest absolute Gasteiger partial charge is 0.306 e. The molecule has 1 aromatic rings. The van der Waals surface area contributed by atoms with Crippen LogP contribution in [0.1, 0.15) is 23.2 Å². The van der Waals surface area contributed by atoms with Gasteiger partial charge in [0.25, 0.3) is 5.91 Å². The summed E-state index contributed by atoms with van der Waals surface area (Å²) in [6.07, 6.45) is 0.909. The Bertz CT molecular complexity index is 595. The lowest BCUT2D eigenvalue weighted by Gasteiger charge is -2.31. The Morgan fingerprint density at radius 3 is 2.30 bits per heavy atom. The van der Waals surface area contributed by atoms with Gasteiger partial charge < -0.3 is 14.9 Å². The lowest BCUT2D eigenvalue weighted by molar-refractivity contribution is -0.145. The first-order chi connectivity index (χ1) is 10.9. The molecule has 124 valence electrons. The van der Waals surface area contributed by atoms with Crippen molar-refractivity contribution < 1.29 is 19.5 Å². The highest BCUT2D eigenvalue weighted by Gasteiger charge is 2.27. The van der Waals surface area contributed by atoms with Crippen molar-refractivity contribution in [3.8, 4) is 0 Å². The Balaban J connectivity index is 1.88. The van der Waals surface area contributed by atoms with Gasteiger partial charge in [-0.2, -0.15) is 0 Å². The third-order valence-corrected chi connectivity index (χ3v) is 4.26. The van der Waals surface area contributed by atoms with E-state index in [9.17, 15) is 14.4 Å². The fourth-order valence-electron chi connectivity index (χ4n) is 2.56. The maximum Gasteiger partial charge on any atom is 0.306 e. The van der Waals surface area contributed by atoms with Crippen LogP contribution in [-0.4, -0.2) is 59.4 Å². The van der Waals surface area contributed by atoms with Crippen LogP contribution >= 0.6 is 11.6 Å². The van der Waals surface area contributed by atoms with Crippen molar-refractivity contribution in [3.05, 3.63) is 34.9 Å². The molecule has 0 unspecified atom stereocenters. The molecule has 1 saturated heterocycles. The van der Waals surface area contributed by atoms with Crippen LogP contribution < -0.4 is 0 Å². The molecule has 2 amide bonds. The molecule has 1 aliphatic heterocycles. The summed E-state index contributed by atoms with van der Waals surface area (Å²) >= 11 is 5.79. The van der Waals surface area contributed by atoms with Crippen LogP contribution in [0.5, 0.6) is 0 Å². The molecule has 2 rings (SSSR count). The molecule has 0 spiro atoms. The van der Waals surface area contributed by atoms with E-state index >= 15 is 0 Å². The van der Waals surface area contributed by atoms with Gasteiger partial charge >= 0.3 is 5.97 Å². The molecule has 1 aliphatic rings. The number of halogens is 1. The standard InChI is InChI=1S/C16H19ClN2O4/c1-18(15(21)11-2-4-13(17)5-3-11)10-14(20)19-8-6-12(7-9-19)16(22)23/h2-5,12H,6-10H2,1H3,(H,22,23). The molecule has 7 heteroatoms. The van der Waals surface area contributed by atoms with Crippen molar-refractivity contribution in [2.45, 2.75) is 12.8 Å². The summed E-state index contributed by atoms with van der Waals surface area (Å²) in [6.45, 7) is 0.802. The van der Waals surface area contributed by atoms with Gasteiger partial charge in [0, 0.05) is 30.7 Å². The van der Waals surface area contributed by atoms with E-state index < -0.39 is 5.97 Å². The number of benzene rings is 1. The number of likely N-dealkylation sites (tertiary alicyclic amines) is 1. The average Bonchev–Trinajstić information content (AvgIpc) is 2.54. The quantitative estimate of drug-likeness (QED) is 0.907. The van der Waals surface area contributed by atoms with Crippen LogP contribution in [0, 0.1) is 5.92 Å². The number of carbonyl (C=O) groups excluding carboxylic acids is 2. The van der Waals surface area contributed by atoms with Gasteiger partial charge in [-0.1, -0.05) is 11.6 Å². The van der Waals surface area contributed by atoms with Crippen LogP contribution in [0.15, 0.2) is 24.3 Å². The number of likely N-dealkylation sites (N-methyl/N-ethyl adjacent to an activating group) is 1. The zero-order valence-corrected chi connectivity index (χ0v) is 13.6. The summed E-state index contributed by atoms with van der Waals surface area (Å²) in [5.74, 6) is -1.62. The third kappa shape index (κ3) is 4.45. The molecule has 0 aromatic heterocycles. The molecule has 0 atom stereocenters. The van der Waals surface area contributed by atoms with Crippen LogP contribution in [0.2, 0.25) is 5.02 Å². The summed E-state index contributed by atoms with van der Waals surface area (Å²) in [6, 6.07) is 6.48. The minimum absolute atomic E-state index is 0.0286. The molecule has 1 fully saturated rings. The van der Waals surface area contributed by atoms with Gasteiger partial charge in [0.2, 0.25) is 5.91 Å². The first-order valence-corrected chi connectivity index (χ1v) is 7.78. The number of nitrogens with zero attached hydrogens (tertiary/aromatic N) is 2. The number of carbonyl (C=O) groups is 3. The highest BCUT2D eigenvalue weighted by molar-refractivity contribution is 6.30. The van der Waals surface area contributed by atoms with E-state index in [1.54, 1.807) is 36.2 Å². The Hall–Kier alpha value is -2.08. The molecule has 0 radical (unpaired) electrons. The number of hydrogen-bond acceptors (Lipinski definition) is 3. The summed E-state index contributed by atoms with van der Waals surface area (Å²) < 4.78 is 0. The largest absolute Gasteiger partial charge is 0.481 e. The number of carboxylic acid groups (broad SMARTS) is 1. The van der Waals surface area contributed by atoms with E-state index in [0.29, 0.717) is 36.5 Å². The zero-order chi connectivity index (χ0) is 17.0. The zero-order valence-electron chi connectivity index (χ0n) is 12.9. The van der Waals surface area contributed by atoms with Gasteiger partial charge in [-0.25, -0.2) is 0 Å². The van der Waals surface area contributed by atoms with E-state index in [-0.39, 0.29) is 24.3 Å². The maximum atomic E-state index is 12.2. The van der Waals surface area contributed by atoms with Gasteiger partial charge in [0.15, 0.2) is 0 Å². The Labute approximate surface area is 139 Å².